The van der Waals surface area contributed by atoms with E-state index < -0.39 is 10.6 Å². The fraction of sp³-hybridized carbons (Fsp3) is 0.154. The van der Waals surface area contributed by atoms with Crippen LogP contribution in [-0.2, 0) is 6.54 Å². The van der Waals surface area contributed by atoms with Crippen molar-refractivity contribution in [3.8, 4) is 0 Å². The van der Waals surface area contributed by atoms with Gasteiger partial charge in [-0.15, -0.1) is 0 Å². The number of benzene rings is 1. The Morgan fingerprint density at radius 2 is 2.00 bits per heavy atom. The molecule has 0 bridgehead atoms. The summed E-state index contributed by atoms with van der Waals surface area (Å²) >= 11 is 0. The molecule has 0 N–H and O–H groups in total. The third-order valence-electron chi connectivity index (χ3n) is 2.73. The Balaban J connectivity index is 2.11. The fourth-order valence-corrected chi connectivity index (χ4v) is 1.69. The lowest BCUT2D eigenvalue weighted by Gasteiger charge is -2.04. The first-order valence-corrected chi connectivity index (χ1v) is 5.87. The molecule has 2 rings (SSSR count). The number of hydrogen-bond donors (Lipinski definition) is 0. The van der Waals surface area contributed by atoms with Gasteiger partial charge < -0.3 is 0 Å². The van der Waals surface area contributed by atoms with Gasteiger partial charge in [0, 0.05) is 18.5 Å². The summed E-state index contributed by atoms with van der Waals surface area (Å²) in [5.41, 5.74) is -0.354. The van der Waals surface area contributed by atoms with Crippen molar-refractivity contribution in [3.63, 3.8) is 0 Å². The van der Waals surface area contributed by atoms with E-state index in [0.717, 1.165) is 17.0 Å². The Labute approximate surface area is 113 Å². The van der Waals surface area contributed by atoms with Crippen molar-refractivity contribution >= 4 is 11.5 Å². The highest BCUT2D eigenvalue weighted by Gasteiger charge is 2.11. The summed E-state index contributed by atoms with van der Waals surface area (Å²) < 4.78 is 1.07. The summed E-state index contributed by atoms with van der Waals surface area (Å²) in [6.07, 6.45) is 2.07. The van der Waals surface area contributed by atoms with Crippen LogP contribution in [0.4, 0.5) is 5.69 Å². The zero-order valence-corrected chi connectivity index (χ0v) is 10.4. The van der Waals surface area contributed by atoms with Crippen LogP contribution in [0.1, 0.15) is 16.8 Å². The van der Waals surface area contributed by atoms with Gasteiger partial charge in [-0.25, -0.2) is 4.79 Å². The highest BCUT2D eigenvalue weighted by Crippen LogP contribution is 2.07. The molecule has 0 saturated heterocycles. The van der Waals surface area contributed by atoms with E-state index in [1.165, 1.54) is 0 Å². The molecule has 0 atom stereocenters. The van der Waals surface area contributed by atoms with Crippen LogP contribution in [0, 0.1) is 10.1 Å². The van der Waals surface area contributed by atoms with Crippen LogP contribution < -0.4 is 5.69 Å². The van der Waals surface area contributed by atoms with Gasteiger partial charge in [-0.1, -0.05) is 30.3 Å². The van der Waals surface area contributed by atoms with Gasteiger partial charge in [-0.2, -0.15) is 4.98 Å². The molecule has 0 unspecified atom stereocenters. The molecular weight excluding hydrogens is 262 g/mol. The highest BCUT2D eigenvalue weighted by atomic mass is 16.6. The second-order valence-electron chi connectivity index (χ2n) is 4.08. The van der Waals surface area contributed by atoms with Gasteiger partial charge >= 0.3 is 11.4 Å². The van der Waals surface area contributed by atoms with Gasteiger partial charge in [-0.3, -0.25) is 19.5 Å². The number of carbonyl (C=O) groups is 1. The van der Waals surface area contributed by atoms with Crippen LogP contribution in [0.3, 0.4) is 0 Å². The SMILES string of the molecule is O=C(CCn1cc([N+](=O)[O-])cnc1=O)c1ccccc1. The normalized spacial score (nSPS) is 10.2. The standard InChI is InChI=1S/C13H11N3O4/c17-12(10-4-2-1-3-5-10)6-7-15-9-11(16(19)20)8-14-13(15)18/h1-5,8-9H,6-7H2. The van der Waals surface area contributed by atoms with Crippen molar-refractivity contribution in [1.29, 1.82) is 0 Å². The van der Waals surface area contributed by atoms with Crippen molar-refractivity contribution < 1.29 is 9.72 Å². The van der Waals surface area contributed by atoms with Gasteiger partial charge in [0.25, 0.3) is 0 Å². The lowest BCUT2D eigenvalue weighted by molar-refractivity contribution is -0.385. The molecule has 1 aromatic carbocycles. The molecule has 0 amide bonds. The van der Waals surface area contributed by atoms with Crippen LogP contribution in [-0.4, -0.2) is 20.3 Å². The predicted octanol–water partition coefficient (Wildman–Crippen LogP) is 1.42. The summed E-state index contributed by atoms with van der Waals surface area (Å²) in [6.45, 7) is 0.0568. The summed E-state index contributed by atoms with van der Waals surface area (Å²) in [5.74, 6) is -0.135. The Morgan fingerprint density at radius 3 is 2.65 bits per heavy atom. The zero-order valence-electron chi connectivity index (χ0n) is 10.4. The van der Waals surface area contributed by atoms with E-state index in [4.69, 9.17) is 0 Å². The van der Waals surface area contributed by atoms with Crippen molar-refractivity contribution in [3.05, 3.63) is 68.9 Å². The number of nitro groups is 1. The third-order valence-corrected chi connectivity index (χ3v) is 2.73. The Kier molecular flexibility index (Phi) is 3.99. The molecule has 1 aromatic heterocycles. The summed E-state index contributed by atoms with van der Waals surface area (Å²) in [7, 11) is 0. The summed E-state index contributed by atoms with van der Waals surface area (Å²) in [6, 6.07) is 8.64. The van der Waals surface area contributed by atoms with E-state index in [1.54, 1.807) is 30.3 Å². The van der Waals surface area contributed by atoms with Crippen LogP contribution in [0.15, 0.2) is 47.5 Å². The Hall–Kier alpha value is -2.83. The first-order chi connectivity index (χ1) is 9.58. The van der Waals surface area contributed by atoms with Crippen molar-refractivity contribution in [1.82, 2.24) is 9.55 Å². The van der Waals surface area contributed by atoms with Gasteiger partial charge in [0.05, 0.1) is 11.1 Å². The number of rotatable bonds is 5. The number of carbonyl (C=O) groups excluding carboxylic acids is 1. The molecule has 102 valence electrons. The predicted molar refractivity (Wildman–Crippen MR) is 70.5 cm³/mol. The Bertz CT molecular complexity index is 694. The molecule has 1 heterocycles. The minimum absolute atomic E-state index is 0.0568. The first-order valence-electron chi connectivity index (χ1n) is 5.87. The average molecular weight is 273 g/mol. The van der Waals surface area contributed by atoms with Crippen molar-refractivity contribution in [2.45, 2.75) is 13.0 Å². The van der Waals surface area contributed by atoms with Crippen LogP contribution in [0.2, 0.25) is 0 Å². The molecule has 0 fully saturated rings. The first kappa shape index (κ1) is 13.6. The van der Waals surface area contributed by atoms with Crippen LogP contribution in [0.25, 0.3) is 0 Å². The molecule has 0 radical (unpaired) electrons. The van der Waals surface area contributed by atoms with E-state index in [0.29, 0.717) is 5.56 Å². The molecule has 7 heteroatoms. The molecule has 0 aliphatic rings. The quantitative estimate of drug-likeness (QED) is 0.466. The second-order valence-corrected chi connectivity index (χ2v) is 4.08. The maximum absolute atomic E-state index is 11.9. The minimum atomic E-state index is -0.637. The largest absolute Gasteiger partial charge is 0.347 e. The number of nitrogens with zero attached hydrogens (tertiary/aromatic N) is 3. The topological polar surface area (TPSA) is 95.1 Å². The van der Waals surface area contributed by atoms with E-state index in [2.05, 4.69) is 4.98 Å². The number of aromatic nitrogens is 2. The van der Waals surface area contributed by atoms with Gasteiger partial charge in [0.2, 0.25) is 0 Å². The third kappa shape index (κ3) is 3.14. The summed E-state index contributed by atoms with van der Waals surface area (Å²) in [5, 5.41) is 10.6. The molecule has 0 aliphatic carbocycles. The molecule has 7 nitrogen and oxygen atoms in total. The molecule has 0 aliphatic heterocycles. The monoisotopic (exact) mass is 273 g/mol. The number of hydrogen-bond acceptors (Lipinski definition) is 5. The molecule has 0 spiro atoms. The fourth-order valence-electron chi connectivity index (χ4n) is 1.69. The maximum Gasteiger partial charge on any atom is 0.347 e. The van der Waals surface area contributed by atoms with Crippen LogP contribution in [0.5, 0.6) is 0 Å². The molecule has 2 aromatic rings. The van der Waals surface area contributed by atoms with Crippen molar-refractivity contribution in [2.24, 2.45) is 0 Å². The average Bonchev–Trinajstić information content (AvgIpc) is 2.46. The lowest BCUT2D eigenvalue weighted by Crippen LogP contribution is -2.23. The van der Waals surface area contributed by atoms with Crippen molar-refractivity contribution in [2.75, 3.05) is 0 Å². The molecule has 0 saturated carbocycles. The number of Topliss-reactive ketones (excluding diaryl/α,β-unsaturated/α-hetero) is 1. The zero-order chi connectivity index (χ0) is 14.5. The molecule has 20 heavy (non-hydrogen) atoms. The maximum atomic E-state index is 11.9. The number of ketones is 1. The van der Waals surface area contributed by atoms with Gasteiger partial charge in [-0.05, 0) is 0 Å². The van der Waals surface area contributed by atoms with E-state index in [1.807, 2.05) is 0 Å². The van der Waals surface area contributed by atoms with E-state index >= 15 is 0 Å². The summed E-state index contributed by atoms with van der Waals surface area (Å²) in [4.78, 5) is 36.7. The van der Waals surface area contributed by atoms with Gasteiger partial charge in [0.15, 0.2) is 5.78 Å². The van der Waals surface area contributed by atoms with E-state index in [-0.39, 0.29) is 24.4 Å². The van der Waals surface area contributed by atoms with E-state index in [9.17, 15) is 19.7 Å². The highest BCUT2D eigenvalue weighted by molar-refractivity contribution is 5.95. The number of aryl methyl sites for hydroxylation is 1. The smallest absolute Gasteiger partial charge is 0.294 e. The Morgan fingerprint density at radius 1 is 1.30 bits per heavy atom. The van der Waals surface area contributed by atoms with Gasteiger partial charge in [0.1, 0.15) is 6.20 Å². The minimum Gasteiger partial charge on any atom is -0.294 e. The molecular formula is C13H11N3O4. The van der Waals surface area contributed by atoms with Crippen LogP contribution >= 0.6 is 0 Å². The second kappa shape index (κ2) is 5.87. The lowest BCUT2D eigenvalue weighted by atomic mass is 10.1.